The van der Waals surface area contributed by atoms with E-state index in [2.05, 4.69) is 19.6 Å². The molecule has 0 heterocycles. The van der Waals surface area contributed by atoms with Crippen LogP contribution in [0.4, 0.5) is 0 Å². The second-order valence-corrected chi connectivity index (χ2v) is 6.36. The average Bonchev–Trinajstić information content (AvgIpc) is 2.57. The Hall–Kier alpha value is 0.260. The molecule has 5 heteroatoms. The van der Waals surface area contributed by atoms with Gasteiger partial charge in [-0.05, 0) is 36.0 Å². The van der Waals surface area contributed by atoms with E-state index in [-0.39, 0.29) is 11.4 Å². The summed E-state index contributed by atoms with van der Waals surface area (Å²) in [6.45, 7) is 2.30. The minimum absolute atomic E-state index is 0.122. The Bertz CT molecular complexity index is 346. The van der Waals surface area contributed by atoms with Crippen LogP contribution in [0.2, 0.25) is 0 Å². The highest BCUT2D eigenvalue weighted by molar-refractivity contribution is 7.81. The molecule has 0 aromatic heterocycles. The van der Waals surface area contributed by atoms with Crippen molar-refractivity contribution in [2.75, 3.05) is 0 Å². The van der Waals surface area contributed by atoms with Crippen LogP contribution in [0.1, 0.15) is 19.8 Å². The third-order valence-corrected chi connectivity index (χ3v) is 5.68. The number of rotatable bonds is 2. The lowest BCUT2D eigenvalue weighted by molar-refractivity contribution is 0.137. The first-order chi connectivity index (χ1) is 6.54. The van der Waals surface area contributed by atoms with Crippen LogP contribution in [0.3, 0.4) is 0 Å². The van der Waals surface area contributed by atoms with Crippen molar-refractivity contribution < 1.29 is 12.6 Å². The fourth-order valence-electron chi connectivity index (χ4n) is 3.82. The van der Waals surface area contributed by atoms with E-state index in [0.29, 0.717) is 23.2 Å². The number of thiol groups is 2. The number of hydrogen-bond acceptors (Lipinski definition) is 4. The summed E-state index contributed by atoms with van der Waals surface area (Å²) in [7, 11) is -2.72. The molecule has 3 rings (SSSR count). The van der Waals surface area contributed by atoms with E-state index in [1.807, 2.05) is 0 Å². The van der Waals surface area contributed by atoms with Gasteiger partial charge in [0, 0.05) is 5.25 Å². The summed E-state index contributed by atoms with van der Waals surface area (Å²) in [5, 5.41) is 0.122. The fourth-order valence-corrected chi connectivity index (χ4v) is 5.15. The Kier molecular flexibility index (Phi) is 1.82. The van der Waals surface area contributed by atoms with Crippen LogP contribution in [0.25, 0.3) is 0 Å². The molecule has 0 spiro atoms. The molecule has 6 unspecified atom stereocenters. The smallest absolute Gasteiger partial charge is 0.257 e. The van der Waals surface area contributed by atoms with Crippen LogP contribution in [0.15, 0.2) is 0 Å². The minimum atomic E-state index is -2.72. The Morgan fingerprint density at radius 1 is 1.43 bits per heavy atom. The molecule has 3 saturated carbocycles. The van der Waals surface area contributed by atoms with E-state index in [1.165, 1.54) is 6.42 Å². The molecular weight excluding hydrogens is 220 g/mol. The normalized spacial score (nSPS) is 59.2. The van der Waals surface area contributed by atoms with Gasteiger partial charge in [-0.3, -0.25) is 4.18 Å². The largest absolute Gasteiger partial charge is 0.267 e. The van der Waals surface area contributed by atoms with Crippen molar-refractivity contribution in [3.05, 3.63) is 0 Å². The highest BCUT2D eigenvalue weighted by Crippen LogP contribution is 2.75. The molecule has 0 N–H and O–H groups in total. The van der Waals surface area contributed by atoms with Crippen molar-refractivity contribution in [3.8, 4) is 0 Å². The summed E-state index contributed by atoms with van der Waals surface area (Å²) < 4.78 is 26.1. The van der Waals surface area contributed by atoms with E-state index in [4.69, 9.17) is 4.18 Å². The van der Waals surface area contributed by atoms with Crippen molar-refractivity contribution >= 4 is 23.6 Å². The topological polar surface area (TPSA) is 43.4 Å². The Labute approximate surface area is 90.8 Å². The molecule has 3 nitrogen and oxygen atoms in total. The zero-order valence-corrected chi connectivity index (χ0v) is 9.71. The van der Waals surface area contributed by atoms with Crippen molar-refractivity contribution in [3.63, 3.8) is 0 Å². The van der Waals surface area contributed by atoms with E-state index < -0.39 is 11.0 Å². The summed E-state index contributed by atoms with van der Waals surface area (Å²) in [6, 6.07) is 0. The van der Waals surface area contributed by atoms with E-state index >= 15 is 0 Å². The van der Waals surface area contributed by atoms with Crippen LogP contribution in [-0.4, -0.2) is 19.8 Å². The number of hydrogen-bond donors (Lipinski definition) is 2. The molecule has 14 heavy (non-hydrogen) atoms. The quantitative estimate of drug-likeness (QED) is 0.697. The first kappa shape index (κ1) is 9.48. The van der Waals surface area contributed by atoms with Crippen LogP contribution >= 0.6 is 12.6 Å². The van der Waals surface area contributed by atoms with Crippen molar-refractivity contribution in [2.24, 2.45) is 23.2 Å². The molecule has 0 aliphatic heterocycles. The second-order valence-electron chi connectivity index (χ2n) is 5.11. The van der Waals surface area contributed by atoms with E-state index in [0.717, 1.165) is 6.42 Å². The maximum absolute atomic E-state index is 10.6. The molecule has 3 fully saturated rings. The van der Waals surface area contributed by atoms with Crippen LogP contribution < -0.4 is 0 Å². The number of fused-ring (bicyclic) bond motifs is 5. The first-order valence-electron chi connectivity index (χ1n) is 5.03. The van der Waals surface area contributed by atoms with Crippen molar-refractivity contribution in [2.45, 2.75) is 31.1 Å². The lowest BCUT2D eigenvalue weighted by atomic mass is 9.87. The minimum Gasteiger partial charge on any atom is -0.267 e. The highest BCUT2D eigenvalue weighted by Gasteiger charge is 2.72. The zero-order valence-electron chi connectivity index (χ0n) is 7.92. The first-order valence-corrected chi connectivity index (χ1v) is 6.64. The van der Waals surface area contributed by atoms with Gasteiger partial charge >= 0.3 is 0 Å². The molecular formula is C9H14O3S2. The van der Waals surface area contributed by atoms with Crippen LogP contribution in [-0.2, 0) is 15.2 Å². The van der Waals surface area contributed by atoms with Gasteiger partial charge in [0.2, 0.25) is 0 Å². The highest BCUT2D eigenvalue weighted by atomic mass is 32.2. The molecule has 0 amide bonds. The van der Waals surface area contributed by atoms with Gasteiger partial charge in [0.05, 0.1) is 6.10 Å². The predicted octanol–water partition coefficient (Wildman–Crippen LogP) is 0.872. The molecule has 0 saturated heterocycles. The van der Waals surface area contributed by atoms with Gasteiger partial charge < -0.3 is 0 Å². The average molecular weight is 234 g/mol. The summed E-state index contributed by atoms with van der Waals surface area (Å²) in [4.78, 5) is 0. The van der Waals surface area contributed by atoms with Gasteiger partial charge in [-0.25, -0.2) is 8.42 Å². The van der Waals surface area contributed by atoms with E-state index in [1.54, 1.807) is 0 Å². The van der Waals surface area contributed by atoms with Gasteiger partial charge in [0.15, 0.2) is 0 Å². The van der Waals surface area contributed by atoms with Crippen LogP contribution in [0.5, 0.6) is 0 Å². The molecule has 0 aromatic rings. The second kappa shape index (κ2) is 2.68. The summed E-state index contributed by atoms with van der Waals surface area (Å²) in [5.74, 6) is 1.72. The fraction of sp³-hybridized carbons (Fsp3) is 1.00. The van der Waals surface area contributed by atoms with Gasteiger partial charge in [0.1, 0.15) is 0 Å². The molecule has 0 radical (unpaired) electrons. The van der Waals surface area contributed by atoms with Crippen molar-refractivity contribution in [1.82, 2.24) is 0 Å². The third-order valence-electron chi connectivity index (χ3n) is 4.62. The zero-order chi connectivity index (χ0) is 10.1. The van der Waals surface area contributed by atoms with Gasteiger partial charge in [-0.15, -0.1) is 0 Å². The third kappa shape index (κ3) is 1.01. The van der Waals surface area contributed by atoms with Crippen molar-refractivity contribution in [1.29, 1.82) is 0 Å². The molecule has 0 aromatic carbocycles. The van der Waals surface area contributed by atoms with Crippen LogP contribution in [0, 0.1) is 23.2 Å². The summed E-state index contributed by atoms with van der Waals surface area (Å²) >= 11 is 4.52. The lowest BCUT2D eigenvalue weighted by Crippen LogP contribution is -2.35. The van der Waals surface area contributed by atoms with Gasteiger partial charge in [-0.1, -0.05) is 6.92 Å². The maximum atomic E-state index is 10.6. The summed E-state index contributed by atoms with van der Waals surface area (Å²) in [5.41, 5.74) is 0.464. The maximum Gasteiger partial charge on any atom is 0.257 e. The lowest BCUT2D eigenvalue weighted by Gasteiger charge is -2.29. The monoisotopic (exact) mass is 234 g/mol. The molecule has 3 aliphatic rings. The SMILES string of the molecule is CC12CC1C1CC2C(S)C1O[SH](=O)=O. The Morgan fingerprint density at radius 3 is 2.71 bits per heavy atom. The predicted molar refractivity (Wildman–Crippen MR) is 55.8 cm³/mol. The van der Waals surface area contributed by atoms with Gasteiger partial charge in [-0.2, -0.15) is 12.6 Å². The molecule has 3 aliphatic carbocycles. The molecule has 80 valence electrons. The Balaban J connectivity index is 1.85. The van der Waals surface area contributed by atoms with Gasteiger partial charge in [0.25, 0.3) is 11.0 Å². The standard InChI is InChI=1S/C9H14O3S2/c1-9-3-6(9)4-2-5(9)8(13)7(4)12-14(10)11/h4-8,13-14H,2-3H2,1H3. The van der Waals surface area contributed by atoms with E-state index in [9.17, 15) is 8.42 Å². The Morgan fingerprint density at radius 2 is 2.14 bits per heavy atom. The molecule has 6 atom stereocenters. The molecule has 2 bridgehead atoms. The summed E-state index contributed by atoms with van der Waals surface area (Å²) in [6.07, 6.45) is 2.21.